The molecule has 0 fully saturated rings. The van der Waals surface area contributed by atoms with E-state index in [9.17, 15) is 9.59 Å². The third kappa shape index (κ3) is 4.33. The monoisotopic (exact) mass is 317 g/mol. The van der Waals surface area contributed by atoms with Crippen molar-refractivity contribution in [3.05, 3.63) is 64.2 Å². The Kier molecular flexibility index (Phi) is 5.17. The van der Waals surface area contributed by atoms with Crippen LogP contribution in [0.1, 0.15) is 21.5 Å². The lowest BCUT2D eigenvalue weighted by atomic mass is 10.1. The minimum atomic E-state index is -0.526. The molecule has 0 aromatic heterocycles. The van der Waals surface area contributed by atoms with Gasteiger partial charge in [0.15, 0.2) is 6.61 Å². The molecule has 2 rings (SSSR count). The highest BCUT2D eigenvalue weighted by atomic mass is 35.5. The third-order valence-corrected chi connectivity index (χ3v) is 3.30. The van der Waals surface area contributed by atoms with E-state index in [1.54, 1.807) is 36.4 Å². The molecule has 0 aliphatic rings. The average molecular weight is 318 g/mol. The average Bonchev–Trinajstić information content (AvgIpc) is 2.48. The third-order valence-electron chi connectivity index (χ3n) is 3.06. The lowest BCUT2D eigenvalue weighted by Crippen LogP contribution is -2.21. The molecule has 2 aromatic rings. The van der Waals surface area contributed by atoms with Crippen LogP contribution in [0.15, 0.2) is 42.5 Å². The summed E-state index contributed by atoms with van der Waals surface area (Å²) in [6.07, 6.45) is 0. The maximum Gasteiger partial charge on any atom is 0.338 e. The van der Waals surface area contributed by atoms with E-state index in [0.717, 1.165) is 11.1 Å². The number of carbonyl (C=O) groups excluding carboxylic acids is 2. The maximum atomic E-state index is 11.9. The van der Waals surface area contributed by atoms with Gasteiger partial charge in [-0.2, -0.15) is 0 Å². The van der Waals surface area contributed by atoms with Gasteiger partial charge in [-0.3, -0.25) is 4.79 Å². The van der Waals surface area contributed by atoms with Gasteiger partial charge >= 0.3 is 5.97 Å². The minimum Gasteiger partial charge on any atom is -0.452 e. The van der Waals surface area contributed by atoms with Crippen LogP contribution in [0.3, 0.4) is 0 Å². The van der Waals surface area contributed by atoms with Crippen molar-refractivity contribution in [3.8, 4) is 0 Å². The quantitative estimate of drug-likeness (QED) is 0.874. The van der Waals surface area contributed by atoms with Crippen molar-refractivity contribution < 1.29 is 14.3 Å². The highest BCUT2D eigenvalue weighted by Gasteiger charge is 2.11. The molecule has 0 unspecified atom stereocenters. The second kappa shape index (κ2) is 7.09. The molecule has 0 aliphatic carbocycles. The van der Waals surface area contributed by atoms with Gasteiger partial charge in [-0.1, -0.05) is 35.4 Å². The Morgan fingerprint density at radius 2 is 1.91 bits per heavy atom. The number of anilines is 1. The fraction of sp³-hybridized carbons (Fsp3) is 0.176. The van der Waals surface area contributed by atoms with E-state index in [1.165, 1.54) is 0 Å². The number of hydrogen-bond donors (Lipinski definition) is 1. The summed E-state index contributed by atoms with van der Waals surface area (Å²) in [7, 11) is 0. The zero-order chi connectivity index (χ0) is 16.1. The Bertz CT molecular complexity index is 713. The number of aryl methyl sites for hydroxylation is 2. The van der Waals surface area contributed by atoms with E-state index in [-0.39, 0.29) is 6.61 Å². The number of rotatable bonds is 4. The fourth-order valence-corrected chi connectivity index (χ4v) is 2.07. The molecule has 0 saturated carbocycles. The topological polar surface area (TPSA) is 55.4 Å². The van der Waals surface area contributed by atoms with Crippen molar-refractivity contribution in [2.24, 2.45) is 0 Å². The molecule has 0 aliphatic heterocycles. The van der Waals surface area contributed by atoms with E-state index >= 15 is 0 Å². The van der Waals surface area contributed by atoms with E-state index in [0.29, 0.717) is 16.3 Å². The molecule has 0 spiro atoms. The number of esters is 1. The molecule has 1 N–H and O–H groups in total. The molecule has 0 radical (unpaired) electrons. The largest absolute Gasteiger partial charge is 0.452 e. The van der Waals surface area contributed by atoms with Crippen LogP contribution in [0.25, 0.3) is 0 Å². The molecule has 1 amide bonds. The zero-order valence-corrected chi connectivity index (χ0v) is 13.1. The van der Waals surface area contributed by atoms with Crippen molar-refractivity contribution in [1.82, 2.24) is 0 Å². The molecule has 0 atom stereocenters. The van der Waals surface area contributed by atoms with Gasteiger partial charge in [0.1, 0.15) is 0 Å². The summed E-state index contributed by atoms with van der Waals surface area (Å²) in [4.78, 5) is 23.7. The van der Waals surface area contributed by atoms with Crippen LogP contribution in [0.4, 0.5) is 5.69 Å². The second-order valence-electron chi connectivity index (χ2n) is 4.95. The summed E-state index contributed by atoms with van der Waals surface area (Å²) in [5.74, 6) is -0.937. The summed E-state index contributed by atoms with van der Waals surface area (Å²) in [5, 5.41) is 3.19. The van der Waals surface area contributed by atoms with E-state index < -0.39 is 11.9 Å². The summed E-state index contributed by atoms with van der Waals surface area (Å²) < 4.78 is 5.00. The van der Waals surface area contributed by atoms with Gasteiger partial charge in [0, 0.05) is 10.7 Å². The first-order valence-electron chi connectivity index (χ1n) is 6.75. The van der Waals surface area contributed by atoms with Gasteiger partial charge in [-0.25, -0.2) is 4.79 Å². The first-order valence-corrected chi connectivity index (χ1v) is 7.13. The van der Waals surface area contributed by atoms with Crippen molar-refractivity contribution in [2.45, 2.75) is 13.8 Å². The molecular weight excluding hydrogens is 302 g/mol. The van der Waals surface area contributed by atoms with E-state index in [1.807, 2.05) is 19.9 Å². The standard InChI is InChI=1S/C17H16ClNO3/c1-11-4-3-5-13(8-11)17(21)22-10-16(20)19-15-9-14(18)7-6-12(15)2/h3-9H,10H2,1-2H3,(H,19,20). The van der Waals surface area contributed by atoms with Gasteiger partial charge in [0.2, 0.25) is 0 Å². The molecule has 4 nitrogen and oxygen atoms in total. The summed E-state index contributed by atoms with van der Waals surface area (Å²) in [6, 6.07) is 12.2. The maximum absolute atomic E-state index is 11.9. The molecule has 114 valence electrons. The molecule has 0 saturated heterocycles. The molecule has 2 aromatic carbocycles. The molecule has 0 bridgehead atoms. The smallest absolute Gasteiger partial charge is 0.338 e. The molecule has 5 heteroatoms. The molecule has 0 heterocycles. The van der Waals surface area contributed by atoms with Gasteiger partial charge < -0.3 is 10.1 Å². The van der Waals surface area contributed by atoms with Crippen LogP contribution in [0.2, 0.25) is 5.02 Å². The number of halogens is 1. The zero-order valence-electron chi connectivity index (χ0n) is 12.4. The number of hydrogen-bond acceptors (Lipinski definition) is 3. The fourth-order valence-electron chi connectivity index (χ4n) is 1.90. The normalized spacial score (nSPS) is 10.1. The highest BCUT2D eigenvalue weighted by Crippen LogP contribution is 2.20. The van der Waals surface area contributed by atoms with Crippen LogP contribution >= 0.6 is 11.6 Å². The van der Waals surface area contributed by atoms with Crippen LogP contribution < -0.4 is 5.32 Å². The van der Waals surface area contributed by atoms with Gasteiger partial charge in [0.25, 0.3) is 5.91 Å². The number of ether oxygens (including phenoxy) is 1. The van der Waals surface area contributed by atoms with E-state index in [4.69, 9.17) is 16.3 Å². The van der Waals surface area contributed by atoms with Crippen LogP contribution in [-0.2, 0) is 9.53 Å². The van der Waals surface area contributed by atoms with Crippen molar-refractivity contribution in [2.75, 3.05) is 11.9 Å². The predicted octanol–water partition coefficient (Wildman–Crippen LogP) is 3.75. The lowest BCUT2D eigenvalue weighted by molar-refractivity contribution is -0.119. The first kappa shape index (κ1) is 16.0. The summed E-state index contributed by atoms with van der Waals surface area (Å²) >= 11 is 5.89. The van der Waals surface area contributed by atoms with Crippen LogP contribution in [0.5, 0.6) is 0 Å². The van der Waals surface area contributed by atoms with Crippen LogP contribution in [0, 0.1) is 13.8 Å². The summed E-state index contributed by atoms with van der Waals surface area (Å²) in [6.45, 7) is 3.38. The molecular formula is C17H16ClNO3. The Hall–Kier alpha value is -2.33. The first-order chi connectivity index (χ1) is 10.5. The number of nitrogens with one attached hydrogen (secondary N) is 1. The minimum absolute atomic E-state index is 0.348. The SMILES string of the molecule is Cc1cccc(C(=O)OCC(=O)Nc2cc(Cl)ccc2C)c1. The Morgan fingerprint density at radius 1 is 1.14 bits per heavy atom. The lowest BCUT2D eigenvalue weighted by Gasteiger charge is -2.09. The van der Waals surface area contributed by atoms with Crippen molar-refractivity contribution in [1.29, 1.82) is 0 Å². The van der Waals surface area contributed by atoms with Crippen LogP contribution in [-0.4, -0.2) is 18.5 Å². The Morgan fingerprint density at radius 3 is 2.64 bits per heavy atom. The second-order valence-corrected chi connectivity index (χ2v) is 5.39. The number of amides is 1. The summed E-state index contributed by atoms with van der Waals surface area (Å²) in [5.41, 5.74) is 2.85. The Labute approximate surface area is 134 Å². The number of benzene rings is 2. The molecule has 22 heavy (non-hydrogen) atoms. The Balaban J connectivity index is 1.93. The van der Waals surface area contributed by atoms with Crippen molar-refractivity contribution >= 4 is 29.2 Å². The van der Waals surface area contributed by atoms with Gasteiger partial charge in [-0.15, -0.1) is 0 Å². The van der Waals surface area contributed by atoms with Gasteiger partial charge in [-0.05, 0) is 43.7 Å². The highest BCUT2D eigenvalue weighted by molar-refractivity contribution is 6.31. The van der Waals surface area contributed by atoms with Crippen molar-refractivity contribution in [3.63, 3.8) is 0 Å². The predicted molar refractivity (Wildman–Crippen MR) is 86.3 cm³/mol. The van der Waals surface area contributed by atoms with E-state index in [2.05, 4.69) is 5.32 Å². The number of carbonyl (C=O) groups is 2. The van der Waals surface area contributed by atoms with Gasteiger partial charge in [0.05, 0.1) is 5.56 Å².